The second kappa shape index (κ2) is 10.8. The quantitative estimate of drug-likeness (QED) is 0.225. The van der Waals surface area contributed by atoms with Crippen molar-refractivity contribution in [3.05, 3.63) is 88.4 Å². The van der Waals surface area contributed by atoms with Gasteiger partial charge in [-0.1, -0.05) is 41.9 Å². The van der Waals surface area contributed by atoms with Crippen LogP contribution in [0.2, 0.25) is 5.02 Å². The lowest BCUT2D eigenvalue weighted by Crippen LogP contribution is -2.56. The van der Waals surface area contributed by atoms with Gasteiger partial charge < -0.3 is 20.5 Å². The minimum Gasteiger partial charge on any atom is -0.465 e. The average molecular weight is 589 g/mol. The Kier molecular flexibility index (Phi) is 7.01. The zero-order chi connectivity index (χ0) is 29.4. The number of fused-ring (bicyclic) bond motifs is 3. The van der Waals surface area contributed by atoms with Gasteiger partial charge in [-0.3, -0.25) is 20.0 Å². The Labute approximate surface area is 244 Å². The Bertz CT molecular complexity index is 1720. The van der Waals surface area contributed by atoms with E-state index >= 15 is 0 Å². The summed E-state index contributed by atoms with van der Waals surface area (Å²) in [6.45, 7) is 1.02. The maximum atomic E-state index is 14.1. The van der Waals surface area contributed by atoms with Crippen LogP contribution in [0.1, 0.15) is 27.9 Å². The SMILES string of the molecule is O=C(O)Nc1n[nH]c2cc(C(=O)NC(Cc3ccccc3)C(=O)N3C(=O)O[C@]4(CCNC4)c4cc(Cl)ccc43)ccc12. The van der Waals surface area contributed by atoms with E-state index in [9.17, 15) is 19.2 Å². The van der Waals surface area contributed by atoms with Crippen LogP contribution in [0.4, 0.5) is 21.1 Å². The number of halogens is 1. The zero-order valence-corrected chi connectivity index (χ0v) is 22.8. The van der Waals surface area contributed by atoms with Crippen LogP contribution in [0.3, 0.4) is 0 Å². The number of H-pyrrole nitrogens is 1. The Morgan fingerprint density at radius 1 is 1.12 bits per heavy atom. The van der Waals surface area contributed by atoms with Crippen molar-refractivity contribution < 1.29 is 29.0 Å². The number of nitrogens with zero attached hydrogens (tertiary/aromatic N) is 2. The molecule has 2 aliphatic heterocycles. The number of ether oxygens (including phenoxy) is 1. The maximum absolute atomic E-state index is 14.1. The fraction of sp³-hybridized carbons (Fsp3) is 0.207. The molecule has 1 spiro atoms. The van der Waals surface area contributed by atoms with Gasteiger partial charge in [0.2, 0.25) is 0 Å². The van der Waals surface area contributed by atoms with Gasteiger partial charge in [0.1, 0.15) is 6.04 Å². The Balaban J connectivity index is 1.33. The molecule has 0 radical (unpaired) electrons. The lowest BCUT2D eigenvalue weighted by molar-refractivity contribution is -0.120. The van der Waals surface area contributed by atoms with Crippen LogP contribution in [0.15, 0.2) is 66.7 Å². The van der Waals surface area contributed by atoms with Gasteiger partial charge in [-0.15, -0.1) is 0 Å². The summed E-state index contributed by atoms with van der Waals surface area (Å²) in [4.78, 5) is 53.0. The molecule has 2 atom stereocenters. The Morgan fingerprint density at radius 2 is 1.93 bits per heavy atom. The molecular formula is C29H25ClN6O6. The molecule has 0 aliphatic carbocycles. The minimum atomic E-state index is -1.28. The van der Waals surface area contributed by atoms with E-state index in [0.29, 0.717) is 46.7 Å². The van der Waals surface area contributed by atoms with Gasteiger partial charge in [-0.2, -0.15) is 5.10 Å². The van der Waals surface area contributed by atoms with E-state index < -0.39 is 35.6 Å². The third kappa shape index (κ3) is 5.01. The highest BCUT2D eigenvalue weighted by Gasteiger charge is 2.49. The van der Waals surface area contributed by atoms with Gasteiger partial charge in [-0.05, 0) is 48.5 Å². The Hall–Kier alpha value is -4.94. The predicted octanol–water partition coefficient (Wildman–Crippen LogP) is 4.02. The number of aromatic amines is 1. The lowest BCUT2D eigenvalue weighted by atomic mass is 9.89. The van der Waals surface area contributed by atoms with E-state index in [-0.39, 0.29) is 17.8 Å². The number of imide groups is 1. The lowest BCUT2D eigenvalue weighted by Gasteiger charge is -2.40. The fourth-order valence-corrected chi connectivity index (χ4v) is 5.61. The van der Waals surface area contributed by atoms with Crippen LogP contribution in [0.5, 0.6) is 0 Å². The molecule has 12 nitrogen and oxygen atoms in total. The second-order valence-electron chi connectivity index (χ2n) is 10.1. The van der Waals surface area contributed by atoms with Crippen molar-refractivity contribution in [2.45, 2.75) is 24.5 Å². The van der Waals surface area contributed by atoms with E-state index in [1.807, 2.05) is 30.3 Å². The topological polar surface area (TPSA) is 166 Å². The summed E-state index contributed by atoms with van der Waals surface area (Å²) in [6.07, 6.45) is -1.48. The molecule has 0 bridgehead atoms. The van der Waals surface area contributed by atoms with Crippen molar-refractivity contribution in [3.63, 3.8) is 0 Å². The van der Waals surface area contributed by atoms with E-state index in [0.717, 1.165) is 10.5 Å². The van der Waals surface area contributed by atoms with E-state index in [1.54, 1.807) is 24.3 Å². The van der Waals surface area contributed by atoms with Gasteiger partial charge >= 0.3 is 12.2 Å². The number of rotatable bonds is 6. The molecule has 0 saturated carbocycles. The van der Waals surface area contributed by atoms with Crippen molar-refractivity contribution >= 4 is 58.0 Å². The molecule has 1 fully saturated rings. The number of anilines is 2. The first kappa shape index (κ1) is 27.2. The molecule has 1 aromatic heterocycles. The van der Waals surface area contributed by atoms with Gasteiger partial charge in [0.15, 0.2) is 11.4 Å². The summed E-state index contributed by atoms with van der Waals surface area (Å²) in [6, 6.07) is 17.4. The van der Waals surface area contributed by atoms with Crippen molar-refractivity contribution in [1.29, 1.82) is 0 Å². The minimum absolute atomic E-state index is 0.0965. The van der Waals surface area contributed by atoms with Crippen LogP contribution in [-0.4, -0.2) is 58.4 Å². The van der Waals surface area contributed by atoms with Gasteiger partial charge in [0.05, 0.1) is 11.2 Å². The Morgan fingerprint density at radius 3 is 2.67 bits per heavy atom. The second-order valence-corrected chi connectivity index (χ2v) is 10.5. The van der Waals surface area contributed by atoms with Crippen molar-refractivity contribution in [2.75, 3.05) is 23.3 Å². The van der Waals surface area contributed by atoms with Crippen LogP contribution in [-0.2, 0) is 21.6 Å². The summed E-state index contributed by atoms with van der Waals surface area (Å²) in [5.74, 6) is -1.15. The molecule has 1 unspecified atom stereocenters. The molecule has 6 rings (SSSR count). The number of amides is 4. The van der Waals surface area contributed by atoms with Crippen LogP contribution in [0, 0.1) is 0 Å². The monoisotopic (exact) mass is 588 g/mol. The molecule has 214 valence electrons. The summed E-state index contributed by atoms with van der Waals surface area (Å²) in [5, 5.41) is 24.7. The van der Waals surface area contributed by atoms with E-state index in [2.05, 4.69) is 26.1 Å². The third-order valence-corrected chi connectivity index (χ3v) is 7.66. The first-order chi connectivity index (χ1) is 20.2. The normalized spacial score (nSPS) is 18.4. The van der Waals surface area contributed by atoms with Crippen molar-refractivity contribution in [3.8, 4) is 0 Å². The predicted molar refractivity (Wildman–Crippen MR) is 154 cm³/mol. The zero-order valence-electron chi connectivity index (χ0n) is 22.0. The van der Waals surface area contributed by atoms with Crippen LogP contribution >= 0.6 is 11.6 Å². The molecule has 1 saturated heterocycles. The maximum Gasteiger partial charge on any atom is 0.422 e. The molecule has 4 aromatic rings. The highest BCUT2D eigenvalue weighted by Crippen LogP contribution is 2.44. The molecule has 3 heterocycles. The van der Waals surface area contributed by atoms with Gasteiger partial charge in [-0.25, -0.2) is 14.5 Å². The molecule has 13 heteroatoms. The number of carbonyl (C=O) groups excluding carboxylic acids is 3. The van der Waals surface area contributed by atoms with E-state index in [1.165, 1.54) is 12.1 Å². The van der Waals surface area contributed by atoms with Crippen LogP contribution < -0.4 is 20.9 Å². The summed E-state index contributed by atoms with van der Waals surface area (Å²) in [7, 11) is 0. The molecule has 5 N–H and O–H groups in total. The molecule has 4 amide bonds. The number of benzene rings is 3. The van der Waals surface area contributed by atoms with Crippen molar-refractivity contribution in [2.24, 2.45) is 0 Å². The van der Waals surface area contributed by atoms with Crippen LogP contribution in [0.25, 0.3) is 10.9 Å². The standard InChI is InChI=1S/C29H25ClN6O6/c30-18-7-9-23-20(14-18)29(10-11-31-15-29)42-28(41)36(23)26(38)22(12-16-4-2-1-3-5-16)32-25(37)17-6-8-19-21(13-17)34-35-24(19)33-27(39)40/h1-9,13-14,22,31H,10-12,15H2,(H,32,37)(H,39,40)(H2,33,34,35)/t22?,29-/m0/s1. The number of nitrogens with one attached hydrogen (secondary N) is 4. The number of hydrogen-bond acceptors (Lipinski definition) is 7. The number of hydrogen-bond donors (Lipinski definition) is 5. The molecule has 3 aromatic carbocycles. The first-order valence-corrected chi connectivity index (χ1v) is 13.5. The third-order valence-electron chi connectivity index (χ3n) is 7.43. The molecule has 2 aliphatic rings. The highest BCUT2D eigenvalue weighted by molar-refractivity contribution is 6.31. The average Bonchev–Trinajstić information content (AvgIpc) is 3.60. The van der Waals surface area contributed by atoms with E-state index in [4.69, 9.17) is 21.4 Å². The van der Waals surface area contributed by atoms with Gasteiger partial charge in [0, 0.05) is 40.9 Å². The summed E-state index contributed by atoms with van der Waals surface area (Å²) >= 11 is 6.31. The largest absolute Gasteiger partial charge is 0.465 e. The smallest absolute Gasteiger partial charge is 0.422 e. The number of carbonyl (C=O) groups is 4. The van der Waals surface area contributed by atoms with Gasteiger partial charge in [0.25, 0.3) is 11.8 Å². The number of aromatic nitrogens is 2. The fourth-order valence-electron chi connectivity index (χ4n) is 5.43. The number of carboxylic acid groups (broad SMARTS) is 1. The summed E-state index contributed by atoms with van der Waals surface area (Å²) < 4.78 is 5.89. The first-order valence-electron chi connectivity index (χ1n) is 13.1. The van der Waals surface area contributed by atoms with Crippen molar-refractivity contribution in [1.82, 2.24) is 20.8 Å². The molecular weight excluding hydrogens is 564 g/mol. The highest BCUT2D eigenvalue weighted by atomic mass is 35.5. The summed E-state index contributed by atoms with van der Waals surface area (Å²) in [5.41, 5.74) is 1.41. The molecule has 42 heavy (non-hydrogen) atoms.